The van der Waals surface area contributed by atoms with Crippen LogP contribution in [0.5, 0.6) is 0 Å². The first-order chi connectivity index (χ1) is 42.9. The van der Waals surface area contributed by atoms with Crippen LogP contribution in [0.4, 0.5) is 0 Å². The molecule has 17 nitrogen and oxygen atoms in total. The van der Waals surface area contributed by atoms with Gasteiger partial charge in [-0.05, 0) is 37.5 Å². The molecular formula is C70H136O17P2. The molecule has 0 aromatic heterocycles. The smallest absolute Gasteiger partial charge is 0.462 e. The van der Waals surface area contributed by atoms with Crippen LogP contribution < -0.4 is 0 Å². The van der Waals surface area contributed by atoms with E-state index in [1.54, 1.807) is 0 Å². The van der Waals surface area contributed by atoms with Crippen LogP contribution in [0.1, 0.15) is 356 Å². The van der Waals surface area contributed by atoms with Gasteiger partial charge in [0, 0.05) is 25.7 Å². The third-order valence-electron chi connectivity index (χ3n) is 16.6. The number of rotatable bonds is 69. The van der Waals surface area contributed by atoms with Crippen LogP contribution in [0.15, 0.2) is 0 Å². The first kappa shape index (κ1) is 87.1. The molecule has 0 spiro atoms. The van der Waals surface area contributed by atoms with Crippen molar-refractivity contribution in [1.82, 2.24) is 0 Å². The predicted octanol–water partition coefficient (Wildman–Crippen LogP) is 20.0. The Morgan fingerprint density at radius 2 is 0.573 bits per heavy atom. The molecule has 6 atom stereocenters. The molecule has 0 aliphatic heterocycles. The van der Waals surface area contributed by atoms with Gasteiger partial charge in [0.05, 0.1) is 26.4 Å². The molecule has 0 aliphatic rings. The van der Waals surface area contributed by atoms with Gasteiger partial charge in [-0.3, -0.25) is 37.3 Å². The number of carbonyl (C=O) groups excluding carboxylic acids is 4. The van der Waals surface area contributed by atoms with E-state index in [2.05, 4.69) is 41.5 Å². The molecule has 0 aromatic carbocycles. The Morgan fingerprint density at radius 3 is 0.854 bits per heavy atom. The van der Waals surface area contributed by atoms with E-state index in [0.717, 1.165) is 102 Å². The number of carbonyl (C=O) groups is 4. The molecule has 0 aromatic rings. The van der Waals surface area contributed by atoms with Gasteiger partial charge >= 0.3 is 39.5 Å². The fraction of sp³-hybridized carbons (Fsp3) is 0.943. The van der Waals surface area contributed by atoms with Crippen LogP contribution in [0.25, 0.3) is 0 Å². The molecule has 3 unspecified atom stereocenters. The second kappa shape index (κ2) is 62.2. The molecule has 0 radical (unpaired) electrons. The number of aliphatic hydroxyl groups is 1. The Labute approximate surface area is 543 Å². The van der Waals surface area contributed by atoms with E-state index < -0.39 is 97.5 Å². The molecule has 0 rings (SSSR count). The molecule has 0 amide bonds. The highest BCUT2D eigenvalue weighted by Crippen LogP contribution is 2.45. The summed E-state index contributed by atoms with van der Waals surface area (Å²) in [5.74, 6) is -0.592. The zero-order valence-electron chi connectivity index (χ0n) is 57.7. The number of ether oxygens (including phenoxy) is 4. The van der Waals surface area contributed by atoms with Gasteiger partial charge in [0.2, 0.25) is 0 Å². The van der Waals surface area contributed by atoms with Crippen molar-refractivity contribution in [3.63, 3.8) is 0 Å². The van der Waals surface area contributed by atoms with E-state index in [1.165, 1.54) is 167 Å². The van der Waals surface area contributed by atoms with Crippen molar-refractivity contribution in [2.24, 2.45) is 11.8 Å². The number of hydrogen-bond donors (Lipinski definition) is 3. The van der Waals surface area contributed by atoms with Gasteiger partial charge in [-0.15, -0.1) is 0 Å². The quantitative estimate of drug-likeness (QED) is 0.0222. The highest BCUT2D eigenvalue weighted by Gasteiger charge is 2.30. The largest absolute Gasteiger partial charge is 0.472 e. The van der Waals surface area contributed by atoms with Crippen molar-refractivity contribution in [3.05, 3.63) is 0 Å². The number of esters is 4. The van der Waals surface area contributed by atoms with Crippen molar-refractivity contribution in [2.45, 2.75) is 374 Å². The summed E-state index contributed by atoms with van der Waals surface area (Å²) in [6, 6.07) is 0. The standard InChI is InChI=1S/C70H136O17P2/c1-7-10-12-14-16-18-30-34-41-47-53-68(73)81-58-65(86-69(74)54-48-42-35-31-28-26-24-22-20-19-21-23-25-27-29-32-39-45-51-63(6)9-3)60-84-88(76,77)82-56-64(71)57-83-89(78,79)85-61-66(59-80-67(72)52-46-40-33-17-15-13-11-8-2)87-70(75)55-49-43-37-36-38-44-50-62(4)5/h62-66,71H,7-61H2,1-6H3,(H,76,77)(H,78,79)/t63?,64-,65-,66-/m1/s1. The minimum absolute atomic E-state index is 0.102. The molecular weight excluding hydrogens is 1170 g/mol. The van der Waals surface area contributed by atoms with Gasteiger partial charge in [-0.1, -0.05) is 305 Å². The van der Waals surface area contributed by atoms with Crippen molar-refractivity contribution in [1.29, 1.82) is 0 Å². The molecule has 0 saturated carbocycles. The topological polar surface area (TPSA) is 237 Å². The Kier molecular flexibility index (Phi) is 60.8. The molecule has 0 bridgehead atoms. The van der Waals surface area contributed by atoms with E-state index in [-0.39, 0.29) is 25.7 Å². The van der Waals surface area contributed by atoms with Gasteiger partial charge in [-0.2, -0.15) is 0 Å². The Hall–Kier alpha value is -1.94. The Morgan fingerprint density at radius 1 is 0.326 bits per heavy atom. The predicted molar refractivity (Wildman–Crippen MR) is 358 cm³/mol. The molecule has 19 heteroatoms. The van der Waals surface area contributed by atoms with Crippen molar-refractivity contribution in [3.8, 4) is 0 Å². The van der Waals surface area contributed by atoms with E-state index in [9.17, 15) is 43.2 Å². The third kappa shape index (κ3) is 63.2. The summed E-state index contributed by atoms with van der Waals surface area (Å²) in [5, 5.41) is 10.6. The van der Waals surface area contributed by atoms with Gasteiger partial charge in [0.1, 0.15) is 19.3 Å². The zero-order valence-corrected chi connectivity index (χ0v) is 59.5. The number of aliphatic hydroxyl groups excluding tert-OH is 1. The monoisotopic (exact) mass is 1310 g/mol. The van der Waals surface area contributed by atoms with Crippen LogP contribution in [-0.2, 0) is 65.4 Å². The summed E-state index contributed by atoms with van der Waals surface area (Å²) < 4.78 is 68.1. The van der Waals surface area contributed by atoms with Crippen molar-refractivity contribution in [2.75, 3.05) is 39.6 Å². The van der Waals surface area contributed by atoms with E-state index in [0.29, 0.717) is 31.6 Å². The summed E-state index contributed by atoms with van der Waals surface area (Å²) in [7, 11) is -9.89. The molecule has 528 valence electrons. The average Bonchev–Trinajstić information content (AvgIpc) is 3.71. The molecule has 0 heterocycles. The number of unbranched alkanes of at least 4 members (excludes halogenated alkanes) is 38. The fourth-order valence-corrected chi connectivity index (χ4v) is 12.1. The zero-order chi connectivity index (χ0) is 65.7. The molecule has 0 saturated heterocycles. The highest BCUT2D eigenvalue weighted by atomic mass is 31.2. The van der Waals surface area contributed by atoms with Gasteiger partial charge in [0.25, 0.3) is 0 Å². The Bertz CT molecular complexity index is 1740. The minimum Gasteiger partial charge on any atom is -0.462 e. The molecule has 89 heavy (non-hydrogen) atoms. The first-order valence-electron chi connectivity index (χ1n) is 36.5. The lowest BCUT2D eigenvalue weighted by Crippen LogP contribution is -2.30. The molecule has 0 aliphatic carbocycles. The lowest BCUT2D eigenvalue weighted by Gasteiger charge is -2.21. The fourth-order valence-electron chi connectivity index (χ4n) is 10.6. The minimum atomic E-state index is -4.95. The lowest BCUT2D eigenvalue weighted by atomic mass is 9.99. The first-order valence-corrected chi connectivity index (χ1v) is 39.5. The summed E-state index contributed by atoms with van der Waals surface area (Å²) in [6.45, 7) is 9.48. The van der Waals surface area contributed by atoms with Gasteiger partial charge in [0.15, 0.2) is 12.2 Å². The van der Waals surface area contributed by atoms with Crippen LogP contribution in [0, 0.1) is 11.8 Å². The maximum atomic E-state index is 13.0. The maximum absolute atomic E-state index is 13.0. The summed E-state index contributed by atoms with van der Waals surface area (Å²) in [6.07, 6.45) is 47.5. The molecule has 0 fully saturated rings. The third-order valence-corrected chi connectivity index (χ3v) is 18.5. The SMILES string of the molecule is CCCCCCCCCCCCC(=O)OC[C@H](COP(=O)(O)OC[C@@H](O)COP(=O)(O)OC[C@@H](COC(=O)CCCCCCCCCC)OC(=O)CCCCCCCCC(C)C)OC(=O)CCCCCCCCCCCCCCCCCCCCC(C)CC. The van der Waals surface area contributed by atoms with Crippen LogP contribution in [0.2, 0.25) is 0 Å². The number of phosphoric ester groups is 2. The summed E-state index contributed by atoms with van der Waals surface area (Å²) in [5.41, 5.74) is 0. The van der Waals surface area contributed by atoms with Crippen molar-refractivity contribution >= 4 is 39.5 Å². The second-order valence-electron chi connectivity index (χ2n) is 26.0. The Balaban J connectivity index is 5.10. The van der Waals surface area contributed by atoms with Gasteiger partial charge < -0.3 is 33.8 Å². The number of phosphoric acid groups is 2. The van der Waals surface area contributed by atoms with Crippen LogP contribution >= 0.6 is 15.6 Å². The van der Waals surface area contributed by atoms with Crippen molar-refractivity contribution < 1.29 is 80.2 Å². The number of hydrogen-bond acceptors (Lipinski definition) is 15. The normalized spacial score (nSPS) is 14.4. The second-order valence-corrected chi connectivity index (χ2v) is 28.9. The summed E-state index contributed by atoms with van der Waals surface area (Å²) in [4.78, 5) is 72.3. The van der Waals surface area contributed by atoms with E-state index in [1.807, 2.05) is 0 Å². The van der Waals surface area contributed by atoms with Crippen LogP contribution in [-0.4, -0.2) is 96.7 Å². The average molecular weight is 1310 g/mol. The highest BCUT2D eigenvalue weighted by molar-refractivity contribution is 7.47. The van der Waals surface area contributed by atoms with Gasteiger partial charge in [-0.25, -0.2) is 9.13 Å². The maximum Gasteiger partial charge on any atom is 0.472 e. The van der Waals surface area contributed by atoms with E-state index >= 15 is 0 Å². The van der Waals surface area contributed by atoms with E-state index in [4.69, 9.17) is 37.0 Å². The molecule has 3 N–H and O–H groups in total. The lowest BCUT2D eigenvalue weighted by molar-refractivity contribution is -0.161. The summed E-state index contributed by atoms with van der Waals surface area (Å²) >= 11 is 0. The van der Waals surface area contributed by atoms with Crippen LogP contribution in [0.3, 0.4) is 0 Å².